The minimum absolute atomic E-state index is 0. The number of hydrogen-bond acceptors (Lipinski definition) is 4. The molecule has 8 heteroatoms. The Hall–Kier alpha value is -2.20. The van der Waals surface area contributed by atoms with Crippen molar-refractivity contribution in [2.45, 2.75) is 19.4 Å². The largest absolute Gasteiger partial charge is 0.370 e. The van der Waals surface area contributed by atoms with Gasteiger partial charge in [0.1, 0.15) is 11.9 Å². The van der Waals surface area contributed by atoms with Crippen molar-refractivity contribution in [1.29, 1.82) is 0 Å². The third kappa shape index (κ3) is 4.87. The Labute approximate surface area is 188 Å². The second kappa shape index (κ2) is 10.0. The van der Waals surface area contributed by atoms with Gasteiger partial charge >= 0.3 is 0 Å². The molecule has 29 heavy (non-hydrogen) atoms. The van der Waals surface area contributed by atoms with E-state index < -0.39 is 0 Å². The van der Waals surface area contributed by atoms with Gasteiger partial charge in [0.25, 0.3) is 0 Å². The van der Waals surface area contributed by atoms with E-state index in [4.69, 9.17) is 4.74 Å². The number of hydrogen-bond donors (Lipinski definition) is 1. The topological polar surface area (TPSA) is 67.0 Å². The van der Waals surface area contributed by atoms with Crippen LogP contribution in [0.25, 0.3) is 5.65 Å². The van der Waals surface area contributed by atoms with E-state index in [0.29, 0.717) is 6.61 Å². The number of morpholine rings is 1. The molecule has 7 nitrogen and oxygen atoms in total. The number of aromatic nitrogens is 3. The molecule has 1 aliphatic heterocycles. The number of guanidine groups is 1. The van der Waals surface area contributed by atoms with Crippen molar-refractivity contribution in [3.05, 3.63) is 65.6 Å². The molecule has 0 spiro atoms. The predicted molar refractivity (Wildman–Crippen MR) is 125 cm³/mol. The van der Waals surface area contributed by atoms with E-state index in [-0.39, 0.29) is 30.1 Å². The zero-order chi connectivity index (χ0) is 19.3. The normalized spacial score (nSPS) is 17.2. The smallest absolute Gasteiger partial charge is 0.193 e. The van der Waals surface area contributed by atoms with Gasteiger partial charge in [0, 0.05) is 32.8 Å². The fourth-order valence-electron chi connectivity index (χ4n) is 3.66. The lowest BCUT2D eigenvalue weighted by atomic mass is 10.0. The fraction of sp³-hybridized carbons (Fsp3) is 0.381. The minimum atomic E-state index is 0. The average molecular weight is 506 g/mol. The summed E-state index contributed by atoms with van der Waals surface area (Å²) in [4.78, 5) is 6.74. The summed E-state index contributed by atoms with van der Waals surface area (Å²) in [6.07, 6.45) is 2.83. The number of pyridine rings is 1. The van der Waals surface area contributed by atoms with Crippen molar-refractivity contribution in [2.24, 2.45) is 4.99 Å². The summed E-state index contributed by atoms with van der Waals surface area (Å²) in [7, 11) is 1.83. The summed E-state index contributed by atoms with van der Waals surface area (Å²) < 4.78 is 8.06. The summed E-state index contributed by atoms with van der Waals surface area (Å²) in [6.45, 7) is 5.19. The van der Waals surface area contributed by atoms with Gasteiger partial charge in [-0.25, -0.2) is 0 Å². The summed E-state index contributed by atoms with van der Waals surface area (Å²) >= 11 is 0. The van der Waals surface area contributed by atoms with Crippen LogP contribution in [0.1, 0.15) is 23.1 Å². The number of fused-ring (bicyclic) bond motifs is 1. The summed E-state index contributed by atoms with van der Waals surface area (Å²) in [5, 5.41) is 12.0. The molecule has 0 radical (unpaired) electrons. The maximum absolute atomic E-state index is 6.04. The molecule has 4 rings (SSSR count). The first-order valence-electron chi connectivity index (χ1n) is 9.67. The van der Waals surface area contributed by atoms with E-state index in [9.17, 15) is 0 Å². The van der Waals surface area contributed by atoms with E-state index >= 15 is 0 Å². The first kappa shape index (κ1) is 21.5. The summed E-state index contributed by atoms with van der Waals surface area (Å²) in [6, 6.07) is 14.3. The molecule has 1 atom stereocenters. The molecule has 0 saturated carbocycles. The van der Waals surface area contributed by atoms with Gasteiger partial charge in [0.2, 0.25) is 0 Å². The molecule has 3 heterocycles. The van der Waals surface area contributed by atoms with Crippen LogP contribution >= 0.6 is 24.0 Å². The molecular formula is C21H27IN6O. The van der Waals surface area contributed by atoms with E-state index in [1.165, 1.54) is 11.1 Å². The lowest BCUT2D eigenvalue weighted by Gasteiger charge is -2.35. The van der Waals surface area contributed by atoms with Gasteiger partial charge in [0.05, 0.1) is 13.2 Å². The third-order valence-electron chi connectivity index (χ3n) is 5.13. The number of aliphatic imine (C=N–C) groups is 1. The van der Waals surface area contributed by atoms with E-state index in [1.807, 2.05) is 35.8 Å². The number of rotatable bonds is 4. The second-order valence-electron chi connectivity index (χ2n) is 6.93. The van der Waals surface area contributed by atoms with Gasteiger partial charge < -0.3 is 15.0 Å². The van der Waals surface area contributed by atoms with Crippen molar-refractivity contribution in [3.63, 3.8) is 0 Å². The fourth-order valence-corrected chi connectivity index (χ4v) is 3.66. The Morgan fingerprint density at radius 1 is 1.21 bits per heavy atom. The monoisotopic (exact) mass is 506 g/mol. The Morgan fingerprint density at radius 3 is 2.86 bits per heavy atom. The highest BCUT2D eigenvalue weighted by Crippen LogP contribution is 2.24. The van der Waals surface area contributed by atoms with Gasteiger partial charge in [0.15, 0.2) is 11.6 Å². The van der Waals surface area contributed by atoms with Crippen molar-refractivity contribution in [1.82, 2.24) is 24.8 Å². The van der Waals surface area contributed by atoms with Crippen molar-refractivity contribution < 1.29 is 4.74 Å². The lowest BCUT2D eigenvalue weighted by molar-refractivity contribution is -0.00829. The van der Waals surface area contributed by atoms with Gasteiger partial charge in [-0.1, -0.05) is 30.3 Å². The SMILES string of the molecule is CN=C(NCCc1nnc2ccccn12)N1CCOC(c2ccccc2C)C1.I. The zero-order valence-electron chi connectivity index (χ0n) is 16.8. The minimum Gasteiger partial charge on any atom is -0.370 e. The molecule has 1 saturated heterocycles. The number of halogens is 1. The highest BCUT2D eigenvalue weighted by molar-refractivity contribution is 14.0. The van der Waals surface area contributed by atoms with Gasteiger partial charge in [-0.05, 0) is 30.2 Å². The van der Waals surface area contributed by atoms with Crippen LogP contribution in [0.5, 0.6) is 0 Å². The van der Waals surface area contributed by atoms with Gasteiger partial charge in [-0.15, -0.1) is 34.2 Å². The lowest BCUT2D eigenvalue weighted by Crippen LogP contribution is -2.48. The molecule has 1 fully saturated rings. The quantitative estimate of drug-likeness (QED) is 0.335. The molecule has 1 aromatic carbocycles. The predicted octanol–water partition coefficient (Wildman–Crippen LogP) is 2.85. The first-order valence-corrected chi connectivity index (χ1v) is 9.67. The van der Waals surface area contributed by atoms with Crippen LogP contribution in [0, 0.1) is 6.92 Å². The van der Waals surface area contributed by atoms with Gasteiger partial charge in [-0.2, -0.15) is 0 Å². The van der Waals surface area contributed by atoms with Crippen LogP contribution in [0.2, 0.25) is 0 Å². The zero-order valence-corrected chi connectivity index (χ0v) is 19.1. The Balaban J connectivity index is 0.00000240. The standard InChI is InChI=1S/C21H26N6O.HI/c1-16-7-3-4-8-17(16)18-15-26(13-14-28-18)21(22-2)23-11-10-20-25-24-19-9-5-6-12-27(19)20;/h3-9,12,18H,10-11,13-15H2,1-2H3,(H,22,23);1H. The van der Waals surface area contributed by atoms with E-state index in [2.05, 4.69) is 56.6 Å². The van der Waals surface area contributed by atoms with Crippen molar-refractivity contribution in [3.8, 4) is 0 Å². The van der Waals surface area contributed by atoms with E-state index in [0.717, 1.165) is 43.5 Å². The molecule has 1 unspecified atom stereocenters. The summed E-state index contributed by atoms with van der Waals surface area (Å²) in [5.74, 6) is 1.84. The van der Waals surface area contributed by atoms with Crippen molar-refractivity contribution in [2.75, 3.05) is 33.3 Å². The van der Waals surface area contributed by atoms with Crippen LogP contribution < -0.4 is 5.32 Å². The number of nitrogens with zero attached hydrogens (tertiary/aromatic N) is 5. The summed E-state index contributed by atoms with van der Waals surface area (Å²) in [5.41, 5.74) is 3.38. The molecule has 0 aliphatic carbocycles. The molecule has 3 aromatic rings. The van der Waals surface area contributed by atoms with Crippen LogP contribution in [0.4, 0.5) is 0 Å². The Morgan fingerprint density at radius 2 is 2.03 bits per heavy atom. The van der Waals surface area contributed by atoms with Crippen LogP contribution in [-0.4, -0.2) is 58.7 Å². The average Bonchev–Trinajstić information content (AvgIpc) is 3.15. The second-order valence-corrected chi connectivity index (χ2v) is 6.93. The van der Waals surface area contributed by atoms with Crippen LogP contribution in [0.15, 0.2) is 53.7 Å². The number of ether oxygens (including phenoxy) is 1. The maximum atomic E-state index is 6.04. The van der Waals surface area contributed by atoms with Crippen LogP contribution in [-0.2, 0) is 11.2 Å². The molecule has 0 bridgehead atoms. The number of nitrogens with one attached hydrogen (secondary N) is 1. The Kier molecular flexibility index (Phi) is 7.43. The highest BCUT2D eigenvalue weighted by atomic mass is 127. The highest BCUT2D eigenvalue weighted by Gasteiger charge is 2.25. The third-order valence-corrected chi connectivity index (χ3v) is 5.13. The molecule has 1 N–H and O–H groups in total. The maximum Gasteiger partial charge on any atom is 0.193 e. The molecule has 1 aliphatic rings. The van der Waals surface area contributed by atoms with Gasteiger partial charge in [-0.3, -0.25) is 9.39 Å². The molecule has 2 aromatic heterocycles. The number of benzene rings is 1. The molecular weight excluding hydrogens is 479 g/mol. The van der Waals surface area contributed by atoms with Crippen molar-refractivity contribution >= 4 is 35.6 Å². The molecule has 154 valence electrons. The number of aryl methyl sites for hydroxylation is 1. The van der Waals surface area contributed by atoms with Crippen LogP contribution in [0.3, 0.4) is 0 Å². The van der Waals surface area contributed by atoms with E-state index in [1.54, 1.807) is 0 Å². The first-order chi connectivity index (χ1) is 13.8. The Bertz CT molecular complexity index is 972. The molecule has 0 amide bonds.